The molecule has 1 amide bonds. The third-order valence-corrected chi connectivity index (χ3v) is 4.06. The number of nitrogens with zero attached hydrogens (tertiary/aromatic N) is 1. The van der Waals surface area contributed by atoms with E-state index in [4.69, 9.17) is 16.3 Å². The Morgan fingerprint density at radius 3 is 2.68 bits per heavy atom. The van der Waals surface area contributed by atoms with Crippen LogP contribution in [0.15, 0.2) is 18.2 Å². The Morgan fingerprint density at radius 1 is 1.53 bits per heavy atom. The second-order valence-corrected chi connectivity index (χ2v) is 5.33. The topological polar surface area (TPSA) is 41.6 Å². The van der Waals surface area contributed by atoms with Crippen LogP contribution in [0, 0.1) is 11.8 Å². The van der Waals surface area contributed by atoms with Crippen molar-refractivity contribution in [2.24, 2.45) is 11.8 Å². The number of carbonyl (C=O) groups is 1. The first-order chi connectivity index (χ1) is 9.04. The van der Waals surface area contributed by atoms with Crippen LogP contribution in [0.3, 0.4) is 0 Å². The molecule has 4 nitrogen and oxygen atoms in total. The predicted octanol–water partition coefficient (Wildman–Crippen LogP) is 2.17. The van der Waals surface area contributed by atoms with Crippen LogP contribution in [0.25, 0.3) is 0 Å². The van der Waals surface area contributed by atoms with E-state index >= 15 is 0 Å². The lowest BCUT2D eigenvalue weighted by Gasteiger charge is -2.34. The van der Waals surface area contributed by atoms with Gasteiger partial charge in [-0.05, 0) is 37.2 Å². The van der Waals surface area contributed by atoms with Gasteiger partial charge in [-0.3, -0.25) is 4.79 Å². The summed E-state index contributed by atoms with van der Waals surface area (Å²) in [6.07, 6.45) is 0. The average molecular weight is 283 g/mol. The molecule has 1 N–H and O–H groups in total. The van der Waals surface area contributed by atoms with Crippen molar-refractivity contribution in [2.75, 3.05) is 32.1 Å². The first-order valence-corrected chi connectivity index (χ1v) is 6.74. The molecular weight excluding hydrogens is 264 g/mol. The SMILES string of the molecule is COc1ccc(N(C)C(=O)C(C)C2CNC2)cc1Cl. The van der Waals surface area contributed by atoms with Crippen LogP contribution in [-0.2, 0) is 4.79 Å². The number of ether oxygens (including phenoxy) is 1. The lowest BCUT2D eigenvalue weighted by molar-refractivity contribution is -0.123. The van der Waals surface area contributed by atoms with E-state index in [1.807, 2.05) is 13.0 Å². The molecule has 1 heterocycles. The Kier molecular flexibility index (Phi) is 4.32. The Balaban J connectivity index is 2.11. The van der Waals surface area contributed by atoms with E-state index in [9.17, 15) is 4.79 Å². The molecule has 1 aromatic rings. The van der Waals surface area contributed by atoms with Crippen molar-refractivity contribution in [3.63, 3.8) is 0 Å². The largest absolute Gasteiger partial charge is 0.495 e. The molecule has 1 aliphatic heterocycles. The minimum atomic E-state index is 0.0205. The molecule has 1 aliphatic rings. The lowest BCUT2D eigenvalue weighted by atomic mass is 9.88. The molecule has 0 spiro atoms. The fourth-order valence-corrected chi connectivity index (χ4v) is 2.41. The van der Waals surface area contributed by atoms with Gasteiger partial charge >= 0.3 is 0 Å². The smallest absolute Gasteiger partial charge is 0.229 e. The molecule has 0 aromatic heterocycles. The number of benzene rings is 1. The number of carbonyl (C=O) groups excluding carboxylic acids is 1. The van der Waals surface area contributed by atoms with E-state index in [2.05, 4.69) is 5.32 Å². The van der Waals surface area contributed by atoms with Crippen LogP contribution < -0.4 is 15.0 Å². The Labute approximate surface area is 118 Å². The van der Waals surface area contributed by atoms with Crippen molar-refractivity contribution in [2.45, 2.75) is 6.92 Å². The van der Waals surface area contributed by atoms with E-state index in [1.165, 1.54) is 0 Å². The summed E-state index contributed by atoms with van der Waals surface area (Å²) < 4.78 is 5.11. The van der Waals surface area contributed by atoms with Crippen molar-refractivity contribution in [3.05, 3.63) is 23.2 Å². The highest BCUT2D eigenvalue weighted by Crippen LogP contribution is 2.30. The van der Waals surface area contributed by atoms with Crippen LogP contribution >= 0.6 is 11.6 Å². The van der Waals surface area contributed by atoms with E-state index in [1.54, 1.807) is 31.2 Å². The zero-order chi connectivity index (χ0) is 14.0. The van der Waals surface area contributed by atoms with Crippen LogP contribution in [0.1, 0.15) is 6.92 Å². The molecule has 1 aromatic carbocycles. The second-order valence-electron chi connectivity index (χ2n) is 4.92. The number of nitrogens with one attached hydrogen (secondary N) is 1. The minimum absolute atomic E-state index is 0.0205. The summed E-state index contributed by atoms with van der Waals surface area (Å²) in [5, 5.41) is 3.70. The summed E-state index contributed by atoms with van der Waals surface area (Å²) >= 11 is 6.09. The number of anilines is 1. The van der Waals surface area contributed by atoms with Gasteiger partial charge in [-0.1, -0.05) is 18.5 Å². The van der Waals surface area contributed by atoms with Crippen molar-refractivity contribution in [1.82, 2.24) is 5.32 Å². The summed E-state index contributed by atoms with van der Waals surface area (Å²) in [4.78, 5) is 14.0. The van der Waals surface area contributed by atoms with Gasteiger partial charge in [0.15, 0.2) is 0 Å². The fourth-order valence-electron chi connectivity index (χ4n) is 2.16. The van der Waals surface area contributed by atoms with Gasteiger partial charge in [-0.2, -0.15) is 0 Å². The summed E-state index contributed by atoms with van der Waals surface area (Å²) in [6.45, 7) is 3.82. The monoisotopic (exact) mass is 282 g/mol. The molecule has 2 rings (SSSR count). The molecule has 0 aliphatic carbocycles. The zero-order valence-electron chi connectivity index (χ0n) is 11.4. The molecule has 1 saturated heterocycles. The first-order valence-electron chi connectivity index (χ1n) is 6.36. The second kappa shape index (κ2) is 5.80. The molecule has 19 heavy (non-hydrogen) atoms. The Morgan fingerprint density at radius 2 is 2.21 bits per heavy atom. The quantitative estimate of drug-likeness (QED) is 0.920. The first kappa shape index (κ1) is 14.2. The lowest BCUT2D eigenvalue weighted by Crippen LogP contribution is -2.50. The molecular formula is C14H19ClN2O2. The highest BCUT2D eigenvalue weighted by atomic mass is 35.5. The van der Waals surface area contributed by atoms with Crippen molar-refractivity contribution in [1.29, 1.82) is 0 Å². The third-order valence-electron chi connectivity index (χ3n) is 3.76. The summed E-state index contributed by atoms with van der Waals surface area (Å²) in [5.74, 6) is 1.19. The Bertz CT molecular complexity index is 475. The van der Waals surface area contributed by atoms with Crippen molar-refractivity contribution < 1.29 is 9.53 Å². The molecule has 0 radical (unpaired) electrons. The van der Waals surface area contributed by atoms with Gasteiger partial charge in [0.1, 0.15) is 5.75 Å². The van der Waals surface area contributed by atoms with Gasteiger partial charge in [0.2, 0.25) is 5.91 Å². The van der Waals surface area contributed by atoms with Crippen molar-refractivity contribution >= 4 is 23.2 Å². The maximum atomic E-state index is 12.4. The van der Waals surface area contributed by atoms with E-state index in [0.29, 0.717) is 16.7 Å². The number of hydrogen-bond acceptors (Lipinski definition) is 3. The van der Waals surface area contributed by atoms with Gasteiger partial charge in [0.25, 0.3) is 0 Å². The van der Waals surface area contributed by atoms with Gasteiger partial charge in [-0.25, -0.2) is 0 Å². The number of hydrogen-bond donors (Lipinski definition) is 1. The summed E-state index contributed by atoms with van der Waals surface area (Å²) in [6, 6.07) is 5.37. The highest BCUT2D eigenvalue weighted by Gasteiger charge is 2.30. The molecule has 104 valence electrons. The molecule has 1 unspecified atom stereocenters. The van der Waals surface area contributed by atoms with Gasteiger partial charge in [0.05, 0.1) is 12.1 Å². The van der Waals surface area contributed by atoms with Crippen LogP contribution in [0.4, 0.5) is 5.69 Å². The maximum absolute atomic E-state index is 12.4. The standard InChI is InChI=1S/C14H19ClN2O2/c1-9(10-7-16-8-10)14(18)17(2)11-4-5-13(19-3)12(15)6-11/h4-6,9-10,16H,7-8H2,1-3H3. The van der Waals surface area contributed by atoms with Crippen LogP contribution in [0.5, 0.6) is 5.75 Å². The number of methoxy groups -OCH3 is 1. The highest BCUT2D eigenvalue weighted by molar-refractivity contribution is 6.32. The average Bonchev–Trinajstić information content (AvgIpc) is 2.34. The molecule has 0 bridgehead atoms. The van der Waals surface area contributed by atoms with Crippen LogP contribution in [-0.4, -0.2) is 33.2 Å². The van der Waals surface area contributed by atoms with Gasteiger partial charge in [-0.15, -0.1) is 0 Å². The normalized spacial score (nSPS) is 16.6. The van der Waals surface area contributed by atoms with Crippen LogP contribution in [0.2, 0.25) is 5.02 Å². The molecule has 5 heteroatoms. The number of halogens is 1. The zero-order valence-corrected chi connectivity index (χ0v) is 12.2. The van der Waals surface area contributed by atoms with Gasteiger partial charge < -0.3 is 15.0 Å². The molecule has 0 saturated carbocycles. The number of amides is 1. The van der Waals surface area contributed by atoms with E-state index < -0.39 is 0 Å². The van der Waals surface area contributed by atoms with E-state index in [-0.39, 0.29) is 11.8 Å². The minimum Gasteiger partial charge on any atom is -0.495 e. The number of rotatable bonds is 4. The van der Waals surface area contributed by atoms with Crippen molar-refractivity contribution in [3.8, 4) is 5.75 Å². The maximum Gasteiger partial charge on any atom is 0.229 e. The predicted molar refractivity (Wildman–Crippen MR) is 76.9 cm³/mol. The van der Waals surface area contributed by atoms with E-state index in [0.717, 1.165) is 18.8 Å². The molecule has 1 atom stereocenters. The fraction of sp³-hybridized carbons (Fsp3) is 0.500. The summed E-state index contributed by atoms with van der Waals surface area (Å²) in [7, 11) is 3.35. The van der Waals surface area contributed by atoms with Gasteiger partial charge in [0, 0.05) is 18.7 Å². The molecule has 1 fully saturated rings. The Hall–Kier alpha value is -1.26. The summed E-state index contributed by atoms with van der Waals surface area (Å²) in [5.41, 5.74) is 0.787. The third kappa shape index (κ3) is 2.85.